The summed E-state index contributed by atoms with van der Waals surface area (Å²) in [6, 6.07) is 15.9. The van der Waals surface area contributed by atoms with E-state index in [4.69, 9.17) is 4.74 Å². The van der Waals surface area contributed by atoms with Gasteiger partial charge < -0.3 is 10.1 Å². The number of hydrogen-bond acceptors (Lipinski definition) is 4. The lowest BCUT2D eigenvalue weighted by Gasteiger charge is -2.28. The van der Waals surface area contributed by atoms with E-state index >= 15 is 0 Å². The second-order valence-corrected chi connectivity index (χ2v) is 8.26. The van der Waals surface area contributed by atoms with Crippen LogP contribution in [0.4, 0.5) is 5.69 Å². The van der Waals surface area contributed by atoms with Crippen molar-refractivity contribution in [1.29, 1.82) is 0 Å². The third-order valence-electron chi connectivity index (χ3n) is 4.03. The van der Waals surface area contributed by atoms with E-state index in [2.05, 4.69) is 5.32 Å². The molecule has 0 saturated heterocycles. The number of hydrogen-bond donors (Lipinski definition) is 1. The van der Waals surface area contributed by atoms with Crippen molar-refractivity contribution >= 4 is 21.6 Å². The smallest absolute Gasteiger partial charge is 0.243 e. The number of carbonyl (C=O) groups excluding carboxylic acids is 1. The monoisotopic (exact) mass is 390 g/mol. The molecule has 0 saturated carbocycles. The highest BCUT2D eigenvalue weighted by Gasteiger charge is 2.28. The first kappa shape index (κ1) is 20.9. The van der Waals surface area contributed by atoms with E-state index in [0.717, 1.165) is 21.7 Å². The van der Waals surface area contributed by atoms with Gasteiger partial charge >= 0.3 is 0 Å². The molecule has 146 valence electrons. The highest BCUT2D eigenvalue weighted by molar-refractivity contribution is 7.92. The third-order valence-corrected chi connectivity index (χ3v) is 5.28. The highest BCUT2D eigenvalue weighted by atomic mass is 32.2. The molecular formula is C20H26N2O4S. The minimum atomic E-state index is -3.61. The average Bonchev–Trinajstić information content (AvgIpc) is 2.62. The van der Waals surface area contributed by atoms with Crippen molar-refractivity contribution in [2.24, 2.45) is 0 Å². The number of nitrogens with one attached hydrogen (secondary N) is 1. The molecule has 2 aromatic carbocycles. The molecule has 0 aliphatic heterocycles. The maximum atomic E-state index is 12.4. The van der Waals surface area contributed by atoms with Gasteiger partial charge in [-0.25, -0.2) is 8.42 Å². The van der Waals surface area contributed by atoms with E-state index in [1.54, 1.807) is 19.1 Å². The summed E-state index contributed by atoms with van der Waals surface area (Å²) in [6.45, 7) is 4.60. The van der Waals surface area contributed by atoms with Crippen LogP contribution in [-0.2, 0) is 26.2 Å². The molecule has 0 fully saturated rings. The van der Waals surface area contributed by atoms with E-state index < -0.39 is 16.1 Å². The number of aryl methyl sites for hydroxylation is 1. The first-order chi connectivity index (χ1) is 12.8. The fourth-order valence-corrected chi connectivity index (χ4v) is 3.83. The van der Waals surface area contributed by atoms with Crippen LogP contribution in [0.3, 0.4) is 0 Å². The molecule has 2 aromatic rings. The van der Waals surface area contributed by atoms with E-state index in [1.807, 2.05) is 49.4 Å². The zero-order valence-electron chi connectivity index (χ0n) is 15.9. The second kappa shape index (κ2) is 9.53. The Hall–Kier alpha value is -2.38. The minimum Gasteiger partial charge on any atom is -0.375 e. The molecule has 7 heteroatoms. The van der Waals surface area contributed by atoms with Crippen molar-refractivity contribution < 1.29 is 17.9 Å². The van der Waals surface area contributed by atoms with E-state index in [-0.39, 0.29) is 5.91 Å². The van der Waals surface area contributed by atoms with Crippen molar-refractivity contribution in [3.05, 3.63) is 65.7 Å². The van der Waals surface area contributed by atoms with Crippen molar-refractivity contribution in [2.75, 3.05) is 23.7 Å². The summed E-state index contributed by atoms with van der Waals surface area (Å²) >= 11 is 0. The Labute approximate surface area is 161 Å². The molecule has 0 bridgehead atoms. The summed E-state index contributed by atoms with van der Waals surface area (Å²) in [5, 5.41) is 2.73. The maximum absolute atomic E-state index is 12.4. The zero-order valence-corrected chi connectivity index (χ0v) is 16.7. The van der Waals surface area contributed by atoms with Crippen LogP contribution in [0.1, 0.15) is 18.1 Å². The standard InChI is InChI=1S/C20H26N2O4S/c1-16-9-11-19(12-10-16)22(27(3,24)25)17(2)20(23)21-13-14-26-15-18-7-5-4-6-8-18/h4-12,17H,13-15H2,1-3H3,(H,21,23)/t17-/m0/s1. The minimum absolute atomic E-state index is 0.307. The fraction of sp³-hybridized carbons (Fsp3) is 0.350. The average molecular weight is 391 g/mol. The summed E-state index contributed by atoms with van der Waals surface area (Å²) in [5.74, 6) is -0.371. The lowest BCUT2D eigenvalue weighted by molar-refractivity contribution is -0.122. The summed E-state index contributed by atoms with van der Waals surface area (Å²) in [6.07, 6.45) is 1.10. The van der Waals surface area contributed by atoms with E-state index in [0.29, 0.717) is 25.4 Å². The normalized spacial score (nSPS) is 12.4. The van der Waals surface area contributed by atoms with Crippen LogP contribution in [-0.4, -0.2) is 39.8 Å². The predicted molar refractivity (Wildman–Crippen MR) is 107 cm³/mol. The van der Waals surface area contributed by atoms with Gasteiger partial charge in [0.25, 0.3) is 0 Å². The third kappa shape index (κ3) is 6.37. The molecule has 27 heavy (non-hydrogen) atoms. The molecule has 0 aliphatic carbocycles. The largest absolute Gasteiger partial charge is 0.375 e. The molecule has 0 aromatic heterocycles. The van der Waals surface area contributed by atoms with Gasteiger partial charge in [0, 0.05) is 6.54 Å². The summed E-state index contributed by atoms with van der Waals surface area (Å²) in [7, 11) is -3.61. The number of amides is 1. The van der Waals surface area contributed by atoms with Gasteiger partial charge in [-0.3, -0.25) is 9.10 Å². The second-order valence-electron chi connectivity index (χ2n) is 6.40. The number of carbonyl (C=O) groups is 1. The van der Waals surface area contributed by atoms with Crippen LogP contribution in [0.15, 0.2) is 54.6 Å². The summed E-state index contributed by atoms with van der Waals surface area (Å²) in [5.41, 5.74) is 2.53. The molecule has 0 radical (unpaired) electrons. The molecule has 0 spiro atoms. The number of benzene rings is 2. The van der Waals surface area contributed by atoms with E-state index in [1.165, 1.54) is 0 Å². The zero-order chi connectivity index (χ0) is 19.9. The Balaban J connectivity index is 1.90. The Kier molecular flexibility index (Phi) is 7.38. The number of nitrogens with zero attached hydrogens (tertiary/aromatic N) is 1. The Morgan fingerprint density at radius 1 is 1.11 bits per heavy atom. The van der Waals surface area contributed by atoms with Crippen LogP contribution < -0.4 is 9.62 Å². The van der Waals surface area contributed by atoms with Crippen LogP contribution >= 0.6 is 0 Å². The van der Waals surface area contributed by atoms with Gasteiger partial charge in [-0.1, -0.05) is 48.0 Å². The van der Waals surface area contributed by atoms with Crippen LogP contribution in [0.25, 0.3) is 0 Å². The molecular weight excluding hydrogens is 364 g/mol. The molecule has 0 heterocycles. The van der Waals surface area contributed by atoms with Gasteiger partial charge in [-0.15, -0.1) is 0 Å². The molecule has 2 rings (SSSR count). The molecule has 1 N–H and O–H groups in total. The number of ether oxygens (including phenoxy) is 1. The summed E-state index contributed by atoms with van der Waals surface area (Å²) < 4.78 is 31.1. The molecule has 0 unspecified atom stereocenters. The van der Waals surface area contributed by atoms with Crippen LogP contribution in [0, 0.1) is 6.92 Å². The van der Waals surface area contributed by atoms with Gasteiger partial charge in [0.05, 0.1) is 25.2 Å². The quantitative estimate of drug-likeness (QED) is 0.668. The lowest BCUT2D eigenvalue weighted by Crippen LogP contribution is -2.48. The molecule has 1 amide bonds. The van der Waals surface area contributed by atoms with Gasteiger partial charge in [0.1, 0.15) is 6.04 Å². The first-order valence-electron chi connectivity index (χ1n) is 8.74. The van der Waals surface area contributed by atoms with Gasteiger partial charge in [-0.2, -0.15) is 0 Å². The molecule has 0 aliphatic rings. The SMILES string of the molecule is Cc1ccc(N([C@@H](C)C(=O)NCCOCc2ccccc2)S(C)(=O)=O)cc1. The number of anilines is 1. The summed E-state index contributed by atoms with van der Waals surface area (Å²) in [4.78, 5) is 12.4. The number of sulfonamides is 1. The number of rotatable bonds is 9. The van der Waals surface area contributed by atoms with Crippen molar-refractivity contribution in [3.63, 3.8) is 0 Å². The van der Waals surface area contributed by atoms with Gasteiger partial charge in [0.2, 0.25) is 15.9 Å². The Morgan fingerprint density at radius 3 is 2.33 bits per heavy atom. The van der Waals surface area contributed by atoms with E-state index in [9.17, 15) is 13.2 Å². The van der Waals surface area contributed by atoms with Crippen LogP contribution in [0.5, 0.6) is 0 Å². The lowest BCUT2D eigenvalue weighted by atomic mass is 10.2. The Bertz CT molecular complexity index is 836. The Morgan fingerprint density at radius 2 is 1.74 bits per heavy atom. The van der Waals surface area contributed by atoms with Crippen molar-refractivity contribution in [2.45, 2.75) is 26.5 Å². The predicted octanol–water partition coefficient (Wildman–Crippen LogP) is 2.48. The topological polar surface area (TPSA) is 75.7 Å². The van der Waals surface area contributed by atoms with Gasteiger partial charge in [0.15, 0.2) is 0 Å². The highest BCUT2D eigenvalue weighted by Crippen LogP contribution is 2.21. The van der Waals surface area contributed by atoms with Crippen molar-refractivity contribution in [1.82, 2.24) is 5.32 Å². The van der Waals surface area contributed by atoms with Crippen molar-refractivity contribution in [3.8, 4) is 0 Å². The maximum Gasteiger partial charge on any atom is 0.243 e. The molecule has 1 atom stereocenters. The van der Waals surface area contributed by atoms with Gasteiger partial charge in [-0.05, 0) is 31.5 Å². The first-order valence-corrected chi connectivity index (χ1v) is 10.6. The fourth-order valence-electron chi connectivity index (χ4n) is 2.66. The van der Waals surface area contributed by atoms with Crippen LogP contribution in [0.2, 0.25) is 0 Å². The molecule has 6 nitrogen and oxygen atoms in total.